The van der Waals surface area contributed by atoms with E-state index in [0.29, 0.717) is 0 Å². The Kier molecular flexibility index (Phi) is 3.94. The molecule has 2 atom stereocenters. The molecule has 0 aliphatic heterocycles. The lowest BCUT2D eigenvalue weighted by molar-refractivity contribution is -0.119. The van der Waals surface area contributed by atoms with Gasteiger partial charge in [-0.3, -0.25) is 4.79 Å². The van der Waals surface area contributed by atoms with E-state index in [4.69, 9.17) is 0 Å². The zero-order valence-corrected chi connectivity index (χ0v) is 10.4. The topological polar surface area (TPSA) is 63.2 Å². The van der Waals surface area contributed by atoms with Crippen LogP contribution < -0.4 is 5.32 Å². The number of nitrogens with one attached hydrogen (secondary N) is 1. The third-order valence-corrected chi connectivity index (χ3v) is 4.05. The minimum atomic E-state index is -3.21. The van der Waals surface area contributed by atoms with Crippen molar-refractivity contribution in [2.75, 3.05) is 12.0 Å². The fourth-order valence-electron chi connectivity index (χ4n) is 1.56. The number of hydrogen-bond acceptors (Lipinski definition) is 3. The van der Waals surface area contributed by atoms with E-state index >= 15 is 0 Å². The number of sulfone groups is 1. The van der Waals surface area contributed by atoms with E-state index in [1.54, 1.807) is 0 Å². The lowest BCUT2D eigenvalue weighted by atomic mass is 10.2. The maximum absolute atomic E-state index is 11.2. The van der Waals surface area contributed by atoms with E-state index in [-0.39, 0.29) is 10.9 Å². The number of halogens is 1. The van der Waals surface area contributed by atoms with Gasteiger partial charge in [0, 0.05) is 17.1 Å². The number of alkyl halides is 1. The SMILES string of the molecule is CS(=O)(=O)CC(=O)NC1CCCC1Br. The second kappa shape index (κ2) is 4.61. The molecule has 1 N–H and O–H groups in total. The highest BCUT2D eigenvalue weighted by Gasteiger charge is 2.26. The molecule has 1 aliphatic rings. The molecule has 0 bridgehead atoms. The first kappa shape index (κ1) is 12.0. The van der Waals surface area contributed by atoms with Crippen LogP contribution in [-0.2, 0) is 14.6 Å². The first-order chi connectivity index (χ1) is 6.38. The molecule has 0 radical (unpaired) electrons. The van der Waals surface area contributed by atoms with Crippen LogP contribution in [0.2, 0.25) is 0 Å². The maximum atomic E-state index is 11.2. The van der Waals surface area contributed by atoms with Gasteiger partial charge in [0.2, 0.25) is 5.91 Å². The van der Waals surface area contributed by atoms with Crippen molar-refractivity contribution in [2.45, 2.75) is 30.1 Å². The molecule has 6 heteroatoms. The number of amides is 1. The summed E-state index contributed by atoms with van der Waals surface area (Å²) in [6, 6.07) is 0.0873. The van der Waals surface area contributed by atoms with Gasteiger partial charge in [-0.15, -0.1) is 0 Å². The molecule has 4 nitrogen and oxygen atoms in total. The molecule has 82 valence electrons. The number of carbonyl (C=O) groups excluding carboxylic acids is 1. The number of carbonyl (C=O) groups is 1. The highest BCUT2D eigenvalue weighted by molar-refractivity contribution is 9.09. The predicted molar refractivity (Wildman–Crippen MR) is 58.2 cm³/mol. The predicted octanol–water partition coefficient (Wildman–Crippen LogP) is 0.463. The van der Waals surface area contributed by atoms with Gasteiger partial charge in [-0.2, -0.15) is 0 Å². The normalized spacial score (nSPS) is 27.6. The van der Waals surface area contributed by atoms with Gasteiger partial charge < -0.3 is 5.32 Å². The molecule has 0 heterocycles. The standard InChI is InChI=1S/C8H14BrNO3S/c1-14(12,13)5-8(11)10-7-4-2-3-6(7)9/h6-7H,2-5H2,1H3,(H,10,11). The minimum Gasteiger partial charge on any atom is -0.351 e. The van der Waals surface area contributed by atoms with Crippen molar-refractivity contribution >= 4 is 31.7 Å². The second-order valence-electron chi connectivity index (χ2n) is 3.69. The van der Waals surface area contributed by atoms with Crippen molar-refractivity contribution in [1.29, 1.82) is 0 Å². The Balaban J connectivity index is 2.41. The molecule has 14 heavy (non-hydrogen) atoms. The Morgan fingerprint density at radius 1 is 1.50 bits per heavy atom. The van der Waals surface area contributed by atoms with Crippen molar-refractivity contribution < 1.29 is 13.2 Å². The van der Waals surface area contributed by atoms with Gasteiger partial charge in [-0.05, 0) is 12.8 Å². The van der Waals surface area contributed by atoms with Gasteiger partial charge >= 0.3 is 0 Å². The number of hydrogen-bond donors (Lipinski definition) is 1. The molecule has 0 aromatic rings. The maximum Gasteiger partial charge on any atom is 0.235 e. The summed E-state index contributed by atoms with van der Waals surface area (Å²) in [6.45, 7) is 0. The monoisotopic (exact) mass is 283 g/mol. The van der Waals surface area contributed by atoms with Crippen molar-refractivity contribution in [3.05, 3.63) is 0 Å². The van der Waals surface area contributed by atoms with Crippen molar-refractivity contribution in [3.63, 3.8) is 0 Å². The first-order valence-electron chi connectivity index (χ1n) is 4.49. The molecule has 0 saturated heterocycles. The van der Waals surface area contributed by atoms with Gasteiger partial charge in [0.25, 0.3) is 0 Å². The van der Waals surface area contributed by atoms with Crippen LogP contribution in [0.3, 0.4) is 0 Å². The zero-order valence-electron chi connectivity index (χ0n) is 7.99. The third-order valence-electron chi connectivity index (χ3n) is 2.17. The molecule has 1 saturated carbocycles. The first-order valence-corrected chi connectivity index (χ1v) is 7.47. The Bertz CT molecular complexity index is 315. The lowest BCUT2D eigenvalue weighted by Crippen LogP contribution is -2.40. The fourth-order valence-corrected chi connectivity index (χ4v) is 2.84. The molecule has 1 fully saturated rings. The van der Waals surface area contributed by atoms with Crippen LogP contribution in [0.15, 0.2) is 0 Å². The summed E-state index contributed by atoms with van der Waals surface area (Å²) in [5.74, 6) is -0.813. The average molecular weight is 284 g/mol. The van der Waals surface area contributed by atoms with Crippen LogP contribution in [0.5, 0.6) is 0 Å². The molecule has 1 amide bonds. The van der Waals surface area contributed by atoms with Crippen LogP contribution in [-0.4, -0.2) is 37.2 Å². The molecule has 0 aromatic carbocycles. The van der Waals surface area contributed by atoms with E-state index in [9.17, 15) is 13.2 Å². The summed E-state index contributed by atoms with van der Waals surface area (Å²) in [6.07, 6.45) is 4.09. The molecule has 2 unspecified atom stereocenters. The van der Waals surface area contributed by atoms with Crippen molar-refractivity contribution in [2.24, 2.45) is 0 Å². The Morgan fingerprint density at radius 3 is 2.57 bits per heavy atom. The Labute approximate surface area is 92.5 Å². The van der Waals surface area contributed by atoms with Crippen LogP contribution in [0.25, 0.3) is 0 Å². The summed E-state index contributed by atoms with van der Waals surface area (Å²) < 4.78 is 21.6. The fraction of sp³-hybridized carbons (Fsp3) is 0.875. The third kappa shape index (κ3) is 3.96. The highest BCUT2D eigenvalue weighted by Crippen LogP contribution is 2.25. The van der Waals surface area contributed by atoms with Crippen molar-refractivity contribution in [3.8, 4) is 0 Å². The quantitative estimate of drug-likeness (QED) is 0.766. The van der Waals surface area contributed by atoms with Gasteiger partial charge in [0.1, 0.15) is 5.75 Å². The molecular weight excluding hydrogens is 270 g/mol. The molecule has 1 aliphatic carbocycles. The second-order valence-corrected chi connectivity index (χ2v) is 7.01. The molecule has 0 spiro atoms. The van der Waals surface area contributed by atoms with E-state index in [0.717, 1.165) is 25.5 Å². The summed E-state index contributed by atoms with van der Waals surface area (Å²) in [5, 5.41) is 2.72. The summed E-state index contributed by atoms with van der Waals surface area (Å²) in [5.41, 5.74) is 0. The number of rotatable bonds is 3. The smallest absolute Gasteiger partial charge is 0.235 e. The minimum absolute atomic E-state index is 0.0873. The summed E-state index contributed by atoms with van der Waals surface area (Å²) >= 11 is 3.45. The van der Waals surface area contributed by atoms with E-state index in [1.165, 1.54) is 0 Å². The Morgan fingerprint density at radius 2 is 2.14 bits per heavy atom. The van der Waals surface area contributed by atoms with Crippen LogP contribution >= 0.6 is 15.9 Å². The van der Waals surface area contributed by atoms with E-state index in [1.807, 2.05) is 0 Å². The largest absolute Gasteiger partial charge is 0.351 e. The van der Waals surface area contributed by atoms with Crippen LogP contribution in [0.1, 0.15) is 19.3 Å². The van der Waals surface area contributed by atoms with Crippen LogP contribution in [0.4, 0.5) is 0 Å². The average Bonchev–Trinajstić information content (AvgIpc) is 2.32. The van der Waals surface area contributed by atoms with Gasteiger partial charge in [0.15, 0.2) is 9.84 Å². The molecule has 1 rings (SSSR count). The summed E-state index contributed by atoms with van der Waals surface area (Å²) in [7, 11) is -3.21. The van der Waals surface area contributed by atoms with E-state index < -0.39 is 21.5 Å². The highest BCUT2D eigenvalue weighted by atomic mass is 79.9. The van der Waals surface area contributed by atoms with E-state index in [2.05, 4.69) is 21.2 Å². The Hall–Kier alpha value is -0.100. The van der Waals surface area contributed by atoms with Crippen LogP contribution in [0, 0.1) is 0 Å². The lowest BCUT2D eigenvalue weighted by Gasteiger charge is -2.15. The van der Waals surface area contributed by atoms with Gasteiger partial charge in [-0.1, -0.05) is 22.4 Å². The van der Waals surface area contributed by atoms with Crippen molar-refractivity contribution in [1.82, 2.24) is 5.32 Å². The van der Waals surface area contributed by atoms with Gasteiger partial charge in [0.05, 0.1) is 0 Å². The van der Waals surface area contributed by atoms with Gasteiger partial charge in [-0.25, -0.2) is 8.42 Å². The summed E-state index contributed by atoms with van der Waals surface area (Å²) in [4.78, 5) is 11.5. The zero-order chi connectivity index (χ0) is 10.8. The molecule has 0 aromatic heterocycles. The molecular formula is C8H14BrNO3S.